The molecule has 1 aromatic carbocycles. The molecule has 0 spiro atoms. The van der Waals surface area contributed by atoms with Crippen molar-refractivity contribution in [3.63, 3.8) is 0 Å². The van der Waals surface area contributed by atoms with Crippen molar-refractivity contribution in [1.29, 1.82) is 0 Å². The number of benzene rings is 1. The van der Waals surface area contributed by atoms with Gasteiger partial charge in [0.25, 0.3) is 11.8 Å². The molecule has 0 atom stereocenters. The van der Waals surface area contributed by atoms with Gasteiger partial charge < -0.3 is 0 Å². The topological polar surface area (TPSA) is 46.2 Å². The van der Waals surface area contributed by atoms with Crippen LogP contribution in [0, 0.1) is 6.92 Å². The number of allylic oxidation sites excluding steroid dienone is 1. The Labute approximate surface area is 87.8 Å². The van der Waals surface area contributed by atoms with Crippen LogP contribution >= 0.6 is 0 Å². The van der Waals surface area contributed by atoms with Gasteiger partial charge in [0.2, 0.25) is 0 Å². The molecule has 76 valence electrons. The van der Waals surface area contributed by atoms with E-state index in [0.717, 1.165) is 11.1 Å². The highest BCUT2D eigenvalue weighted by Crippen LogP contribution is 2.24. The number of hydrogen-bond acceptors (Lipinski definition) is 2. The number of amides is 2. The van der Waals surface area contributed by atoms with E-state index in [4.69, 9.17) is 0 Å². The van der Waals surface area contributed by atoms with Crippen LogP contribution in [-0.2, 0) is 4.79 Å². The minimum atomic E-state index is -0.319. The van der Waals surface area contributed by atoms with Gasteiger partial charge in [0.15, 0.2) is 0 Å². The van der Waals surface area contributed by atoms with Crippen LogP contribution in [0.4, 0.5) is 0 Å². The largest absolute Gasteiger partial charge is 0.288 e. The standard InChI is InChI=1S/C12H11NO2/c1-3-8-10-6-7(2)4-5-9(10)12(15)13-11(8)14/h3-6H,1-2H3,(H,13,14,15)/b8-3-. The summed E-state index contributed by atoms with van der Waals surface area (Å²) in [5.74, 6) is -0.638. The molecule has 2 rings (SSSR count). The lowest BCUT2D eigenvalue weighted by atomic mass is 9.93. The molecular weight excluding hydrogens is 190 g/mol. The maximum atomic E-state index is 11.5. The number of rotatable bonds is 0. The van der Waals surface area contributed by atoms with Crippen LogP contribution in [0.25, 0.3) is 5.57 Å². The number of carbonyl (C=O) groups excluding carboxylic acids is 2. The van der Waals surface area contributed by atoms with E-state index in [-0.39, 0.29) is 11.8 Å². The van der Waals surface area contributed by atoms with Crippen LogP contribution in [0.3, 0.4) is 0 Å². The third-order valence-electron chi connectivity index (χ3n) is 2.47. The number of fused-ring (bicyclic) bond motifs is 1. The average molecular weight is 201 g/mol. The predicted molar refractivity (Wildman–Crippen MR) is 57.3 cm³/mol. The van der Waals surface area contributed by atoms with E-state index in [1.54, 1.807) is 19.1 Å². The van der Waals surface area contributed by atoms with E-state index in [1.165, 1.54) is 0 Å². The van der Waals surface area contributed by atoms with E-state index in [0.29, 0.717) is 11.1 Å². The second-order valence-corrected chi connectivity index (χ2v) is 3.53. The summed E-state index contributed by atoms with van der Waals surface area (Å²) in [6, 6.07) is 5.47. The highest BCUT2D eigenvalue weighted by Gasteiger charge is 2.26. The maximum absolute atomic E-state index is 11.5. The number of hydrogen-bond donors (Lipinski definition) is 1. The van der Waals surface area contributed by atoms with Gasteiger partial charge in [0.05, 0.1) is 0 Å². The molecule has 3 heteroatoms. The van der Waals surface area contributed by atoms with Gasteiger partial charge in [-0.25, -0.2) is 0 Å². The van der Waals surface area contributed by atoms with E-state index in [1.807, 2.05) is 19.1 Å². The summed E-state index contributed by atoms with van der Waals surface area (Å²) in [5.41, 5.74) is 2.89. The summed E-state index contributed by atoms with van der Waals surface area (Å²) >= 11 is 0. The molecule has 0 unspecified atom stereocenters. The van der Waals surface area contributed by atoms with Crippen LogP contribution in [0.1, 0.15) is 28.4 Å². The molecule has 1 N–H and O–H groups in total. The lowest BCUT2D eigenvalue weighted by Gasteiger charge is -2.18. The van der Waals surface area contributed by atoms with E-state index < -0.39 is 0 Å². The first kappa shape index (κ1) is 9.65. The lowest BCUT2D eigenvalue weighted by Crippen LogP contribution is -2.36. The molecule has 0 radical (unpaired) electrons. The van der Waals surface area contributed by atoms with E-state index in [2.05, 4.69) is 5.32 Å². The molecule has 1 aliphatic heterocycles. The fourth-order valence-corrected chi connectivity index (χ4v) is 1.73. The Hall–Kier alpha value is -1.90. The van der Waals surface area contributed by atoms with Crippen molar-refractivity contribution < 1.29 is 9.59 Å². The Kier molecular flexibility index (Phi) is 2.15. The van der Waals surface area contributed by atoms with Gasteiger partial charge >= 0.3 is 0 Å². The summed E-state index contributed by atoms with van der Waals surface area (Å²) in [6.07, 6.45) is 1.72. The molecule has 0 bridgehead atoms. The van der Waals surface area contributed by atoms with Gasteiger partial charge in [-0.2, -0.15) is 0 Å². The van der Waals surface area contributed by atoms with Crippen molar-refractivity contribution in [2.24, 2.45) is 0 Å². The molecule has 0 aromatic heterocycles. The molecule has 2 amide bonds. The van der Waals surface area contributed by atoms with Crippen molar-refractivity contribution in [3.8, 4) is 0 Å². The van der Waals surface area contributed by atoms with Crippen molar-refractivity contribution in [2.75, 3.05) is 0 Å². The first-order valence-electron chi connectivity index (χ1n) is 4.76. The Morgan fingerprint density at radius 1 is 1.13 bits per heavy atom. The monoisotopic (exact) mass is 201 g/mol. The van der Waals surface area contributed by atoms with Crippen LogP contribution < -0.4 is 5.32 Å². The Morgan fingerprint density at radius 3 is 2.53 bits per heavy atom. The van der Waals surface area contributed by atoms with Gasteiger partial charge in [-0.05, 0) is 25.5 Å². The molecule has 1 heterocycles. The van der Waals surface area contributed by atoms with Crippen molar-refractivity contribution in [1.82, 2.24) is 5.32 Å². The first-order chi connectivity index (χ1) is 7.13. The fraction of sp³-hybridized carbons (Fsp3) is 0.167. The fourth-order valence-electron chi connectivity index (χ4n) is 1.73. The minimum absolute atomic E-state index is 0.319. The molecule has 15 heavy (non-hydrogen) atoms. The molecule has 0 aliphatic carbocycles. The zero-order chi connectivity index (χ0) is 11.0. The first-order valence-corrected chi connectivity index (χ1v) is 4.76. The molecule has 0 saturated heterocycles. The summed E-state index contributed by atoms with van der Waals surface area (Å²) in [7, 11) is 0. The van der Waals surface area contributed by atoms with Gasteiger partial charge in [-0.15, -0.1) is 0 Å². The number of carbonyl (C=O) groups is 2. The number of nitrogens with one attached hydrogen (secondary N) is 1. The van der Waals surface area contributed by atoms with Crippen molar-refractivity contribution >= 4 is 17.4 Å². The average Bonchev–Trinajstić information content (AvgIpc) is 2.17. The normalized spacial score (nSPS) is 17.6. The van der Waals surface area contributed by atoms with Gasteiger partial charge in [-0.3, -0.25) is 14.9 Å². The zero-order valence-corrected chi connectivity index (χ0v) is 8.63. The zero-order valence-electron chi connectivity index (χ0n) is 8.63. The lowest BCUT2D eigenvalue weighted by molar-refractivity contribution is -0.114. The predicted octanol–water partition coefficient (Wildman–Crippen LogP) is 1.67. The highest BCUT2D eigenvalue weighted by atomic mass is 16.2. The molecule has 1 aromatic rings. The van der Waals surface area contributed by atoms with Gasteiger partial charge in [-0.1, -0.05) is 23.8 Å². The quantitative estimate of drug-likeness (QED) is 0.512. The summed E-state index contributed by atoms with van der Waals surface area (Å²) < 4.78 is 0. The van der Waals surface area contributed by atoms with Crippen molar-refractivity contribution in [3.05, 3.63) is 41.0 Å². The SMILES string of the molecule is C/C=C1\C(=O)NC(=O)c2ccc(C)cc21. The summed E-state index contributed by atoms with van der Waals surface area (Å²) in [4.78, 5) is 23.0. The maximum Gasteiger partial charge on any atom is 0.258 e. The second kappa shape index (κ2) is 3.35. The van der Waals surface area contributed by atoms with Gasteiger partial charge in [0.1, 0.15) is 0 Å². The molecule has 1 aliphatic rings. The van der Waals surface area contributed by atoms with Crippen molar-refractivity contribution in [2.45, 2.75) is 13.8 Å². The van der Waals surface area contributed by atoms with Gasteiger partial charge in [0, 0.05) is 11.1 Å². The molecular formula is C12H11NO2. The van der Waals surface area contributed by atoms with Crippen LogP contribution in [0.2, 0.25) is 0 Å². The number of imide groups is 1. The third kappa shape index (κ3) is 1.46. The molecule has 0 fully saturated rings. The molecule has 3 nitrogen and oxygen atoms in total. The van der Waals surface area contributed by atoms with Crippen LogP contribution in [-0.4, -0.2) is 11.8 Å². The summed E-state index contributed by atoms with van der Waals surface area (Å²) in [6.45, 7) is 3.72. The van der Waals surface area contributed by atoms with Crippen LogP contribution in [0.15, 0.2) is 24.3 Å². The number of aryl methyl sites for hydroxylation is 1. The summed E-state index contributed by atoms with van der Waals surface area (Å²) in [5, 5.41) is 2.31. The Morgan fingerprint density at radius 2 is 1.87 bits per heavy atom. The van der Waals surface area contributed by atoms with E-state index >= 15 is 0 Å². The smallest absolute Gasteiger partial charge is 0.258 e. The highest BCUT2D eigenvalue weighted by molar-refractivity contribution is 6.30. The third-order valence-corrected chi connectivity index (χ3v) is 2.47. The molecule has 0 saturated carbocycles. The Balaban J connectivity index is 2.70. The second-order valence-electron chi connectivity index (χ2n) is 3.53. The minimum Gasteiger partial charge on any atom is -0.288 e. The Bertz CT molecular complexity index is 486. The van der Waals surface area contributed by atoms with Crippen LogP contribution in [0.5, 0.6) is 0 Å². The van der Waals surface area contributed by atoms with E-state index in [9.17, 15) is 9.59 Å².